The summed E-state index contributed by atoms with van der Waals surface area (Å²) in [7, 11) is 0. The first-order chi connectivity index (χ1) is 13.2. The molecule has 148 valence electrons. The molecule has 3 fully saturated rings. The molecular weight excluding hydrogens is 334 g/mol. The van der Waals surface area contributed by atoms with E-state index in [2.05, 4.69) is 15.2 Å². The molecule has 1 spiro atoms. The number of nitrogen functional groups attached to an aromatic ring is 1. The topological polar surface area (TPSA) is 67.1 Å². The van der Waals surface area contributed by atoms with Crippen molar-refractivity contribution in [2.24, 2.45) is 5.92 Å². The van der Waals surface area contributed by atoms with Crippen LogP contribution in [0.1, 0.15) is 81.9 Å². The summed E-state index contributed by atoms with van der Waals surface area (Å²) >= 11 is 0. The van der Waals surface area contributed by atoms with Crippen molar-refractivity contribution in [3.05, 3.63) is 11.3 Å². The van der Waals surface area contributed by atoms with Crippen molar-refractivity contribution in [3.63, 3.8) is 0 Å². The van der Waals surface area contributed by atoms with Crippen molar-refractivity contribution in [1.29, 1.82) is 0 Å². The molecule has 0 bridgehead atoms. The molecule has 3 aliphatic carbocycles. The summed E-state index contributed by atoms with van der Waals surface area (Å²) < 4.78 is 0. The second-order valence-corrected chi connectivity index (χ2v) is 9.61. The highest BCUT2D eigenvalue weighted by molar-refractivity contribution is 5.53. The van der Waals surface area contributed by atoms with E-state index in [1.165, 1.54) is 102 Å². The predicted octanol–water partition coefficient (Wildman–Crippen LogP) is 3.88. The van der Waals surface area contributed by atoms with Crippen molar-refractivity contribution >= 4 is 11.8 Å². The van der Waals surface area contributed by atoms with E-state index in [9.17, 15) is 0 Å². The Kier molecular flexibility index (Phi) is 4.75. The molecule has 2 saturated carbocycles. The predicted molar refractivity (Wildman–Crippen MR) is 110 cm³/mol. The maximum Gasteiger partial charge on any atom is 0.222 e. The van der Waals surface area contributed by atoms with Crippen LogP contribution in [0.2, 0.25) is 0 Å². The Bertz CT molecular complexity index is 670. The lowest BCUT2D eigenvalue weighted by Gasteiger charge is -2.38. The average Bonchev–Trinajstić information content (AvgIpc) is 3.10. The summed E-state index contributed by atoms with van der Waals surface area (Å²) in [5, 5.41) is 3.81. The van der Waals surface area contributed by atoms with E-state index >= 15 is 0 Å². The highest BCUT2D eigenvalue weighted by Gasteiger charge is 2.42. The summed E-state index contributed by atoms with van der Waals surface area (Å²) in [4.78, 5) is 12.1. The lowest BCUT2D eigenvalue weighted by Crippen LogP contribution is -2.42. The Labute approximate surface area is 163 Å². The van der Waals surface area contributed by atoms with E-state index in [-0.39, 0.29) is 0 Å². The number of hydrogen-bond acceptors (Lipinski definition) is 5. The molecule has 0 aromatic carbocycles. The van der Waals surface area contributed by atoms with Gasteiger partial charge in [-0.15, -0.1) is 0 Å². The molecule has 0 unspecified atom stereocenters. The van der Waals surface area contributed by atoms with Crippen molar-refractivity contribution in [2.45, 2.75) is 88.5 Å². The Hall–Kier alpha value is -1.36. The SMILES string of the molecule is Nc1nc(NC2CCC(CN3CCC3)CC2)c2c(n1)C1(CCCC1)CCC2. The van der Waals surface area contributed by atoms with Gasteiger partial charge in [-0.1, -0.05) is 12.8 Å². The van der Waals surface area contributed by atoms with E-state index in [1.54, 1.807) is 0 Å². The summed E-state index contributed by atoms with van der Waals surface area (Å²) in [5.74, 6) is 2.43. The number of nitrogens with one attached hydrogen (secondary N) is 1. The molecule has 3 N–H and O–H groups in total. The maximum absolute atomic E-state index is 6.17. The van der Waals surface area contributed by atoms with Gasteiger partial charge < -0.3 is 16.0 Å². The molecule has 5 nitrogen and oxygen atoms in total. The molecule has 1 aliphatic heterocycles. The Morgan fingerprint density at radius 3 is 2.41 bits per heavy atom. The minimum Gasteiger partial charge on any atom is -0.368 e. The third-order valence-corrected chi connectivity index (χ3v) is 7.82. The van der Waals surface area contributed by atoms with Crippen LogP contribution in [0.15, 0.2) is 0 Å². The fourth-order valence-corrected chi connectivity index (χ4v) is 6.17. The van der Waals surface area contributed by atoms with Crippen LogP contribution in [0.4, 0.5) is 11.8 Å². The van der Waals surface area contributed by atoms with Crippen LogP contribution in [0.5, 0.6) is 0 Å². The van der Waals surface area contributed by atoms with Gasteiger partial charge in [-0.05, 0) is 83.2 Å². The van der Waals surface area contributed by atoms with Gasteiger partial charge in [0.2, 0.25) is 5.95 Å². The third-order valence-electron chi connectivity index (χ3n) is 7.82. The number of anilines is 2. The number of nitrogens with zero attached hydrogens (tertiary/aromatic N) is 3. The van der Waals surface area contributed by atoms with Crippen LogP contribution in [-0.4, -0.2) is 40.5 Å². The van der Waals surface area contributed by atoms with Crippen molar-refractivity contribution in [2.75, 3.05) is 30.7 Å². The second kappa shape index (κ2) is 7.23. The van der Waals surface area contributed by atoms with Gasteiger partial charge in [-0.25, -0.2) is 4.98 Å². The molecule has 1 aromatic heterocycles. The fourth-order valence-electron chi connectivity index (χ4n) is 6.17. The standard InChI is InChI=1S/C22H35N5/c23-21-25-19-18(5-3-12-22(19)10-1-2-11-22)20(26-21)24-17-8-6-16(7-9-17)15-27-13-4-14-27/h16-17H,1-15H2,(H3,23,24,25,26). The minimum atomic E-state index is 0.302. The van der Waals surface area contributed by atoms with Crippen molar-refractivity contribution < 1.29 is 0 Å². The van der Waals surface area contributed by atoms with Gasteiger partial charge in [-0.3, -0.25) is 0 Å². The van der Waals surface area contributed by atoms with Gasteiger partial charge in [0.05, 0.1) is 5.69 Å². The summed E-state index contributed by atoms with van der Waals surface area (Å²) in [5.41, 5.74) is 9.16. The molecule has 1 saturated heterocycles. The van der Waals surface area contributed by atoms with Crippen LogP contribution >= 0.6 is 0 Å². The number of hydrogen-bond donors (Lipinski definition) is 2. The molecule has 0 atom stereocenters. The first-order valence-electron chi connectivity index (χ1n) is 11.4. The van der Waals surface area contributed by atoms with E-state index < -0.39 is 0 Å². The van der Waals surface area contributed by atoms with E-state index in [0.29, 0.717) is 17.4 Å². The van der Waals surface area contributed by atoms with Gasteiger partial charge in [0.1, 0.15) is 5.82 Å². The molecular formula is C22H35N5. The number of fused-ring (bicyclic) bond motifs is 2. The van der Waals surface area contributed by atoms with E-state index in [4.69, 9.17) is 10.7 Å². The molecule has 5 rings (SSSR count). The highest BCUT2D eigenvalue weighted by atomic mass is 15.2. The first kappa shape index (κ1) is 17.7. The van der Waals surface area contributed by atoms with E-state index in [0.717, 1.165) is 18.2 Å². The Morgan fingerprint density at radius 2 is 1.70 bits per heavy atom. The largest absolute Gasteiger partial charge is 0.368 e. The van der Waals surface area contributed by atoms with Gasteiger partial charge in [0.25, 0.3) is 0 Å². The smallest absolute Gasteiger partial charge is 0.222 e. The number of rotatable bonds is 4. The summed E-state index contributed by atoms with van der Waals surface area (Å²) in [6, 6.07) is 0.553. The van der Waals surface area contributed by atoms with Gasteiger partial charge in [-0.2, -0.15) is 4.98 Å². The van der Waals surface area contributed by atoms with Gasteiger partial charge >= 0.3 is 0 Å². The van der Waals surface area contributed by atoms with E-state index in [1.807, 2.05) is 0 Å². The van der Waals surface area contributed by atoms with Crippen LogP contribution in [0.25, 0.3) is 0 Å². The Morgan fingerprint density at radius 1 is 0.963 bits per heavy atom. The maximum atomic E-state index is 6.17. The monoisotopic (exact) mass is 369 g/mol. The quantitative estimate of drug-likeness (QED) is 0.843. The first-order valence-corrected chi connectivity index (χ1v) is 11.4. The normalized spacial score (nSPS) is 30.1. The molecule has 1 aromatic rings. The second-order valence-electron chi connectivity index (χ2n) is 9.61. The van der Waals surface area contributed by atoms with Gasteiger partial charge in [0.15, 0.2) is 0 Å². The van der Waals surface area contributed by atoms with Crippen LogP contribution < -0.4 is 11.1 Å². The van der Waals surface area contributed by atoms with Crippen LogP contribution in [0.3, 0.4) is 0 Å². The zero-order valence-corrected chi connectivity index (χ0v) is 16.7. The lowest BCUT2D eigenvalue weighted by atomic mass is 9.71. The third kappa shape index (κ3) is 3.43. The van der Waals surface area contributed by atoms with Crippen molar-refractivity contribution in [1.82, 2.24) is 14.9 Å². The average molecular weight is 370 g/mol. The zero-order chi connectivity index (χ0) is 18.3. The van der Waals surface area contributed by atoms with Gasteiger partial charge in [0, 0.05) is 23.6 Å². The number of nitrogens with two attached hydrogens (primary N) is 1. The molecule has 0 radical (unpaired) electrons. The van der Waals surface area contributed by atoms with Crippen molar-refractivity contribution in [3.8, 4) is 0 Å². The zero-order valence-electron chi connectivity index (χ0n) is 16.7. The molecule has 5 heteroatoms. The number of likely N-dealkylation sites (tertiary alicyclic amines) is 1. The minimum absolute atomic E-state index is 0.302. The highest BCUT2D eigenvalue weighted by Crippen LogP contribution is 2.49. The fraction of sp³-hybridized carbons (Fsp3) is 0.818. The molecule has 4 aliphatic rings. The Balaban J connectivity index is 1.29. The van der Waals surface area contributed by atoms with Crippen LogP contribution in [-0.2, 0) is 11.8 Å². The molecule has 27 heavy (non-hydrogen) atoms. The molecule has 2 heterocycles. The summed E-state index contributed by atoms with van der Waals surface area (Å²) in [6.45, 7) is 3.98. The lowest BCUT2D eigenvalue weighted by molar-refractivity contribution is 0.134. The molecule has 0 amide bonds. The summed E-state index contributed by atoms with van der Waals surface area (Å²) in [6.07, 6.45) is 15.6. The number of aromatic nitrogens is 2. The van der Waals surface area contributed by atoms with Crippen LogP contribution in [0, 0.1) is 5.92 Å².